The number of likely N-dealkylation sites (tertiary alicyclic amines) is 1. The summed E-state index contributed by atoms with van der Waals surface area (Å²) in [6.07, 6.45) is 7.43. The SMILES string of the molecule is CC(C)[C@H](CC(=O)[C@H](C)NC(=O)[C@@H](CC(=O)C1CC[N+](C)(C)CC1)C(C)(C)C)C(=O)C(=O)CC1CCCCC1. The average Bonchev–Trinajstić information content (AvgIpc) is 2.84. The largest absolute Gasteiger partial charge is 0.346 e. The van der Waals surface area contributed by atoms with Gasteiger partial charge in [-0.3, -0.25) is 24.0 Å². The number of carbonyl (C=O) groups is 5. The van der Waals surface area contributed by atoms with E-state index >= 15 is 0 Å². The minimum Gasteiger partial charge on any atom is -0.346 e. The highest BCUT2D eigenvalue weighted by molar-refractivity contribution is 6.38. The third kappa shape index (κ3) is 10.2. The molecule has 1 heterocycles. The van der Waals surface area contributed by atoms with Crippen molar-refractivity contribution in [3.63, 3.8) is 0 Å². The van der Waals surface area contributed by atoms with E-state index in [0.717, 1.165) is 56.1 Å². The molecule has 7 heteroatoms. The third-order valence-corrected chi connectivity index (χ3v) is 9.27. The number of rotatable bonds is 13. The summed E-state index contributed by atoms with van der Waals surface area (Å²) in [7, 11) is 4.35. The number of nitrogens with zero attached hydrogens (tertiary/aromatic N) is 1. The van der Waals surface area contributed by atoms with Crippen LogP contribution in [0.25, 0.3) is 0 Å². The van der Waals surface area contributed by atoms with Gasteiger partial charge in [-0.15, -0.1) is 0 Å². The number of nitrogens with one attached hydrogen (secondary N) is 1. The molecule has 7 nitrogen and oxygen atoms in total. The molecule has 0 bridgehead atoms. The Labute approximate surface area is 236 Å². The highest BCUT2D eigenvalue weighted by atomic mass is 16.2. The predicted molar refractivity (Wildman–Crippen MR) is 154 cm³/mol. The van der Waals surface area contributed by atoms with Crippen molar-refractivity contribution in [1.29, 1.82) is 0 Å². The lowest BCUT2D eigenvalue weighted by Crippen LogP contribution is -2.49. The second-order valence-corrected chi connectivity index (χ2v) is 14.5. The Morgan fingerprint density at radius 1 is 0.846 bits per heavy atom. The van der Waals surface area contributed by atoms with Crippen molar-refractivity contribution < 1.29 is 28.5 Å². The summed E-state index contributed by atoms with van der Waals surface area (Å²) in [6, 6.07) is -0.798. The number of hydrogen-bond donors (Lipinski definition) is 1. The van der Waals surface area contributed by atoms with E-state index in [-0.39, 0.29) is 60.3 Å². The molecule has 0 aromatic heterocycles. The highest BCUT2D eigenvalue weighted by Gasteiger charge is 2.39. The molecule has 1 amide bonds. The summed E-state index contributed by atoms with van der Waals surface area (Å²) in [5.41, 5.74) is -0.450. The van der Waals surface area contributed by atoms with E-state index in [1.807, 2.05) is 34.6 Å². The molecule has 1 saturated carbocycles. The average molecular weight is 548 g/mol. The Kier molecular flexibility index (Phi) is 12.1. The van der Waals surface area contributed by atoms with Crippen LogP contribution in [-0.4, -0.2) is 66.7 Å². The molecule has 222 valence electrons. The summed E-state index contributed by atoms with van der Waals surface area (Å²) in [5, 5.41) is 2.85. The Bertz CT molecular complexity index is 885. The van der Waals surface area contributed by atoms with E-state index in [1.165, 1.54) is 6.42 Å². The Morgan fingerprint density at radius 2 is 1.41 bits per heavy atom. The normalized spacial score (nSPS) is 21.2. The van der Waals surface area contributed by atoms with Gasteiger partial charge < -0.3 is 9.80 Å². The maximum absolute atomic E-state index is 13.4. The molecule has 1 aliphatic heterocycles. The van der Waals surface area contributed by atoms with Crippen LogP contribution in [0.1, 0.15) is 106 Å². The second kappa shape index (κ2) is 14.1. The number of piperidine rings is 1. The van der Waals surface area contributed by atoms with Gasteiger partial charge in [0.1, 0.15) is 5.78 Å². The van der Waals surface area contributed by atoms with Crippen LogP contribution in [0.3, 0.4) is 0 Å². The van der Waals surface area contributed by atoms with Crippen molar-refractivity contribution in [2.45, 2.75) is 112 Å². The molecule has 1 aliphatic carbocycles. The molecular weight excluding hydrogens is 492 g/mol. The number of amides is 1. The van der Waals surface area contributed by atoms with Gasteiger partial charge in [-0.1, -0.05) is 66.7 Å². The lowest BCUT2D eigenvalue weighted by molar-refractivity contribution is -0.895. The third-order valence-electron chi connectivity index (χ3n) is 9.27. The van der Waals surface area contributed by atoms with Gasteiger partial charge in [0, 0.05) is 49.9 Å². The zero-order valence-electron chi connectivity index (χ0n) is 25.9. The zero-order valence-corrected chi connectivity index (χ0v) is 25.9. The van der Waals surface area contributed by atoms with Crippen molar-refractivity contribution >= 4 is 29.0 Å². The zero-order chi connectivity index (χ0) is 29.5. The standard InChI is InChI=1S/C32H54N2O5/c1-21(2)25(30(38)29(37)18-23-12-10-9-11-13-23)19-27(35)22(3)33-31(39)26(32(4,5)6)20-28(36)24-14-16-34(7,8)17-15-24/h21-26H,9-20H2,1-8H3/p+1/t22-,25-,26+/m0/s1. The molecule has 0 radical (unpaired) electrons. The summed E-state index contributed by atoms with van der Waals surface area (Å²) >= 11 is 0. The molecular formula is C32H55N2O5+. The van der Waals surface area contributed by atoms with E-state index in [4.69, 9.17) is 0 Å². The fourth-order valence-electron chi connectivity index (χ4n) is 6.13. The van der Waals surface area contributed by atoms with E-state index in [2.05, 4.69) is 19.4 Å². The van der Waals surface area contributed by atoms with Crippen LogP contribution in [-0.2, 0) is 24.0 Å². The van der Waals surface area contributed by atoms with Crippen molar-refractivity contribution in [2.75, 3.05) is 27.2 Å². The van der Waals surface area contributed by atoms with Gasteiger partial charge in [-0.2, -0.15) is 0 Å². The fraction of sp³-hybridized carbons (Fsp3) is 0.844. The first-order valence-corrected chi connectivity index (χ1v) is 15.3. The monoisotopic (exact) mass is 547 g/mol. The van der Waals surface area contributed by atoms with Gasteiger partial charge in [-0.25, -0.2) is 0 Å². The first kappa shape index (κ1) is 33.3. The molecule has 2 rings (SSSR count). The van der Waals surface area contributed by atoms with Crippen molar-refractivity contribution in [2.24, 2.45) is 35.0 Å². The minimum absolute atomic E-state index is 0.0168. The topological polar surface area (TPSA) is 97.4 Å². The number of ketones is 4. The van der Waals surface area contributed by atoms with E-state index in [1.54, 1.807) is 6.92 Å². The molecule has 2 fully saturated rings. The Balaban J connectivity index is 1.99. The van der Waals surface area contributed by atoms with Crippen LogP contribution in [0, 0.1) is 35.0 Å². The Hall–Kier alpha value is -1.89. The molecule has 2 aliphatic rings. The summed E-state index contributed by atoms with van der Waals surface area (Å²) < 4.78 is 0.915. The summed E-state index contributed by atoms with van der Waals surface area (Å²) in [4.78, 5) is 65.6. The van der Waals surface area contributed by atoms with Gasteiger partial charge in [0.15, 0.2) is 11.6 Å². The highest BCUT2D eigenvalue weighted by Crippen LogP contribution is 2.33. The number of quaternary nitrogens is 1. The smallest absolute Gasteiger partial charge is 0.224 e. The molecule has 0 aromatic rings. The lowest BCUT2D eigenvalue weighted by Gasteiger charge is -2.37. The fourth-order valence-corrected chi connectivity index (χ4v) is 6.13. The van der Waals surface area contributed by atoms with Gasteiger partial charge >= 0.3 is 0 Å². The number of hydrogen-bond acceptors (Lipinski definition) is 5. The number of carbonyl (C=O) groups excluding carboxylic acids is 5. The van der Waals surface area contributed by atoms with Crippen LogP contribution in [0.5, 0.6) is 0 Å². The number of Topliss-reactive ketones (excluding diaryl/α,β-unsaturated/α-hetero) is 4. The second-order valence-electron chi connectivity index (χ2n) is 14.5. The predicted octanol–water partition coefficient (Wildman–Crippen LogP) is 4.94. The van der Waals surface area contributed by atoms with Gasteiger partial charge in [0.05, 0.1) is 33.2 Å². The van der Waals surface area contributed by atoms with Crippen LogP contribution >= 0.6 is 0 Å². The van der Waals surface area contributed by atoms with E-state index < -0.39 is 29.1 Å². The molecule has 3 atom stereocenters. The molecule has 1 N–H and O–H groups in total. The molecule has 1 saturated heterocycles. The first-order valence-electron chi connectivity index (χ1n) is 15.3. The minimum atomic E-state index is -0.798. The molecule has 0 aromatic carbocycles. The lowest BCUT2D eigenvalue weighted by atomic mass is 9.74. The van der Waals surface area contributed by atoms with E-state index in [9.17, 15) is 24.0 Å². The molecule has 0 spiro atoms. The van der Waals surface area contributed by atoms with Crippen molar-refractivity contribution in [1.82, 2.24) is 5.32 Å². The van der Waals surface area contributed by atoms with Gasteiger partial charge in [-0.05, 0) is 24.2 Å². The summed E-state index contributed by atoms with van der Waals surface area (Å²) in [6.45, 7) is 13.1. The van der Waals surface area contributed by atoms with Gasteiger partial charge in [0.25, 0.3) is 0 Å². The van der Waals surface area contributed by atoms with E-state index in [0.29, 0.717) is 0 Å². The molecule has 39 heavy (non-hydrogen) atoms. The maximum Gasteiger partial charge on any atom is 0.224 e. The van der Waals surface area contributed by atoms with Crippen LogP contribution in [0.4, 0.5) is 0 Å². The molecule has 0 unspecified atom stereocenters. The quantitative estimate of drug-likeness (QED) is 0.260. The maximum atomic E-state index is 13.4. The van der Waals surface area contributed by atoms with Crippen LogP contribution < -0.4 is 5.32 Å². The van der Waals surface area contributed by atoms with Crippen LogP contribution in [0.15, 0.2) is 0 Å². The van der Waals surface area contributed by atoms with Gasteiger partial charge in [0.2, 0.25) is 11.7 Å². The van der Waals surface area contributed by atoms with Crippen molar-refractivity contribution in [3.05, 3.63) is 0 Å². The summed E-state index contributed by atoms with van der Waals surface area (Å²) in [5.74, 6) is -2.37. The van der Waals surface area contributed by atoms with Crippen molar-refractivity contribution in [3.8, 4) is 0 Å². The Morgan fingerprint density at radius 3 is 1.92 bits per heavy atom. The van der Waals surface area contributed by atoms with Crippen LogP contribution in [0.2, 0.25) is 0 Å². The first-order chi connectivity index (χ1) is 18.0.